The molecule has 0 bridgehead atoms. The van der Waals surface area contributed by atoms with E-state index >= 15 is 0 Å². The van der Waals surface area contributed by atoms with Crippen molar-refractivity contribution in [3.8, 4) is 17.6 Å². The number of nitrogens with zero attached hydrogens (tertiary/aromatic N) is 1. The quantitative estimate of drug-likeness (QED) is 0.785. The average molecular weight is 231 g/mol. The van der Waals surface area contributed by atoms with Crippen LogP contribution in [0.4, 0.5) is 0 Å². The minimum Gasteiger partial charge on any atom is -0.490 e. The van der Waals surface area contributed by atoms with Gasteiger partial charge in [-0.05, 0) is 23.6 Å². The molecule has 1 aromatic carbocycles. The van der Waals surface area contributed by atoms with Crippen molar-refractivity contribution in [2.45, 2.75) is 26.2 Å². The fraction of sp³-hybridized carbons (Fsp3) is 0.500. The fourth-order valence-corrected chi connectivity index (χ4v) is 1.98. The van der Waals surface area contributed by atoms with Crippen LogP contribution in [-0.2, 0) is 0 Å². The summed E-state index contributed by atoms with van der Waals surface area (Å²) < 4.78 is 11.2. The zero-order valence-electron chi connectivity index (χ0n) is 10.3. The predicted molar refractivity (Wildman–Crippen MR) is 65.2 cm³/mol. The summed E-state index contributed by atoms with van der Waals surface area (Å²) in [6.45, 7) is 5.47. The summed E-state index contributed by atoms with van der Waals surface area (Å²) >= 11 is 0. The average Bonchev–Trinajstić information content (AvgIpc) is 2.54. The fourth-order valence-electron chi connectivity index (χ4n) is 1.98. The molecule has 1 heterocycles. The van der Waals surface area contributed by atoms with Crippen molar-refractivity contribution in [2.75, 3.05) is 13.2 Å². The van der Waals surface area contributed by atoms with E-state index in [4.69, 9.17) is 9.47 Å². The molecule has 0 saturated heterocycles. The lowest BCUT2D eigenvalue weighted by Gasteiger charge is -2.15. The smallest absolute Gasteiger partial charge is 0.161 e. The van der Waals surface area contributed by atoms with E-state index < -0.39 is 0 Å². The monoisotopic (exact) mass is 231 g/mol. The van der Waals surface area contributed by atoms with Gasteiger partial charge in [-0.2, -0.15) is 5.26 Å². The highest BCUT2D eigenvalue weighted by molar-refractivity contribution is 5.45. The number of nitriles is 1. The van der Waals surface area contributed by atoms with Crippen LogP contribution in [0.3, 0.4) is 0 Å². The maximum atomic E-state index is 9.19. The predicted octanol–water partition coefficient (Wildman–Crippen LogP) is 3.11. The molecule has 0 saturated carbocycles. The number of rotatable bonds is 2. The van der Waals surface area contributed by atoms with Gasteiger partial charge in [-0.15, -0.1) is 0 Å². The molecule has 17 heavy (non-hydrogen) atoms. The number of hydrogen-bond donors (Lipinski definition) is 0. The molecule has 1 aliphatic rings. The Morgan fingerprint density at radius 1 is 1.18 bits per heavy atom. The van der Waals surface area contributed by atoms with Gasteiger partial charge >= 0.3 is 0 Å². The van der Waals surface area contributed by atoms with Gasteiger partial charge in [0.05, 0.1) is 25.2 Å². The van der Waals surface area contributed by atoms with Gasteiger partial charge in [0.1, 0.15) is 0 Å². The highest BCUT2D eigenvalue weighted by Gasteiger charge is 2.18. The number of hydrogen-bond acceptors (Lipinski definition) is 3. The Kier molecular flexibility index (Phi) is 3.53. The Morgan fingerprint density at radius 2 is 1.88 bits per heavy atom. The first-order valence-electron chi connectivity index (χ1n) is 6.01. The lowest BCUT2D eigenvalue weighted by molar-refractivity contribution is 0.297. The van der Waals surface area contributed by atoms with Crippen LogP contribution < -0.4 is 9.47 Å². The van der Waals surface area contributed by atoms with Crippen LogP contribution in [0.25, 0.3) is 0 Å². The van der Waals surface area contributed by atoms with Gasteiger partial charge in [0, 0.05) is 6.42 Å². The van der Waals surface area contributed by atoms with Gasteiger partial charge in [0.2, 0.25) is 0 Å². The van der Waals surface area contributed by atoms with Crippen molar-refractivity contribution in [1.82, 2.24) is 0 Å². The van der Waals surface area contributed by atoms with E-state index in [1.165, 1.54) is 0 Å². The van der Waals surface area contributed by atoms with Crippen LogP contribution in [0.2, 0.25) is 0 Å². The van der Waals surface area contributed by atoms with Crippen LogP contribution in [0, 0.1) is 17.2 Å². The first-order chi connectivity index (χ1) is 8.22. The Balaban J connectivity index is 2.32. The Labute approximate surface area is 102 Å². The summed E-state index contributed by atoms with van der Waals surface area (Å²) in [5, 5.41) is 9.19. The van der Waals surface area contributed by atoms with Gasteiger partial charge in [-0.1, -0.05) is 19.9 Å². The van der Waals surface area contributed by atoms with Crippen molar-refractivity contribution in [1.29, 1.82) is 5.26 Å². The Hall–Kier alpha value is -1.69. The van der Waals surface area contributed by atoms with E-state index in [1.54, 1.807) is 0 Å². The molecule has 0 radical (unpaired) electrons. The molecule has 90 valence electrons. The first-order valence-corrected chi connectivity index (χ1v) is 6.01. The lowest BCUT2D eigenvalue weighted by Crippen LogP contribution is -2.04. The van der Waals surface area contributed by atoms with Crippen molar-refractivity contribution >= 4 is 0 Å². The van der Waals surface area contributed by atoms with Crippen LogP contribution in [0.1, 0.15) is 31.7 Å². The normalized spacial score (nSPS) is 16.1. The van der Waals surface area contributed by atoms with E-state index in [1.807, 2.05) is 18.2 Å². The molecular weight excluding hydrogens is 214 g/mol. The second-order valence-electron chi connectivity index (χ2n) is 4.61. The molecule has 0 fully saturated rings. The zero-order chi connectivity index (χ0) is 12.3. The second-order valence-corrected chi connectivity index (χ2v) is 4.61. The van der Waals surface area contributed by atoms with Crippen molar-refractivity contribution in [3.63, 3.8) is 0 Å². The third-order valence-electron chi connectivity index (χ3n) is 2.94. The summed E-state index contributed by atoms with van der Waals surface area (Å²) in [5.41, 5.74) is 1.01. The van der Waals surface area contributed by atoms with E-state index in [0.717, 1.165) is 23.5 Å². The molecule has 3 nitrogen and oxygen atoms in total. The summed E-state index contributed by atoms with van der Waals surface area (Å²) in [6, 6.07) is 8.15. The molecule has 1 aliphatic heterocycles. The molecule has 3 heteroatoms. The van der Waals surface area contributed by atoms with Gasteiger partial charge in [-0.3, -0.25) is 0 Å². The maximum Gasteiger partial charge on any atom is 0.161 e. The zero-order valence-corrected chi connectivity index (χ0v) is 10.3. The van der Waals surface area contributed by atoms with Crippen LogP contribution in [0.15, 0.2) is 18.2 Å². The van der Waals surface area contributed by atoms with Crippen LogP contribution in [-0.4, -0.2) is 13.2 Å². The van der Waals surface area contributed by atoms with E-state index in [0.29, 0.717) is 19.1 Å². The molecule has 0 aliphatic carbocycles. The van der Waals surface area contributed by atoms with Gasteiger partial charge in [0.15, 0.2) is 11.5 Å². The van der Waals surface area contributed by atoms with Gasteiger partial charge < -0.3 is 9.47 Å². The lowest BCUT2D eigenvalue weighted by atomic mass is 9.90. The molecule has 2 rings (SSSR count). The standard InChI is InChI=1S/C14H17NO2/c1-10(2)12(9-15)11-4-5-13-14(8-11)17-7-3-6-16-13/h4-5,8,10,12H,3,6-7H2,1-2H3. The van der Waals surface area contributed by atoms with Crippen molar-refractivity contribution in [2.24, 2.45) is 5.92 Å². The molecule has 0 aromatic heterocycles. The summed E-state index contributed by atoms with van der Waals surface area (Å²) in [7, 11) is 0. The van der Waals surface area contributed by atoms with Crippen LogP contribution >= 0.6 is 0 Å². The third kappa shape index (κ3) is 2.52. The molecule has 1 atom stereocenters. The highest BCUT2D eigenvalue weighted by Crippen LogP contribution is 2.34. The SMILES string of the molecule is CC(C)C(C#N)c1ccc2c(c1)OCCCO2. The third-order valence-corrected chi connectivity index (χ3v) is 2.94. The molecule has 0 N–H and O–H groups in total. The number of benzene rings is 1. The highest BCUT2D eigenvalue weighted by atomic mass is 16.5. The van der Waals surface area contributed by atoms with Crippen molar-refractivity contribution < 1.29 is 9.47 Å². The van der Waals surface area contributed by atoms with E-state index in [2.05, 4.69) is 19.9 Å². The van der Waals surface area contributed by atoms with Crippen molar-refractivity contribution in [3.05, 3.63) is 23.8 Å². The molecular formula is C14H17NO2. The second kappa shape index (κ2) is 5.09. The molecule has 1 aromatic rings. The minimum atomic E-state index is -0.0906. The number of ether oxygens (including phenoxy) is 2. The van der Waals surface area contributed by atoms with Crippen LogP contribution in [0.5, 0.6) is 11.5 Å². The van der Waals surface area contributed by atoms with E-state index in [-0.39, 0.29) is 5.92 Å². The minimum absolute atomic E-state index is 0.0906. The van der Waals surface area contributed by atoms with Gasteiger partial charge in [-0.25, -0.2) is 0 Å². The summed E-state index contributed by atoms with van der Waals surface area (Å²) in [5.74, 6) is 1.75. The van der Waals surface area contributed by atoms with Gasteiger partial charge in [0.25, 0.3) is 0 Å². The topological polar surface area (TPSA) is 42.2 Å². The summed E-state index contributed by atoms with van der Waals surface area (Å²) in [4.78, 5) is 0. The first kappa shape index (κ1) is 11.8. The Morgan fingerprint density at radius 3 is 2.53 bits per heavy atom. The molecule has 1 unspecified atom stereocenters. The molecule has 0 amide bonds. The number of fused-ring (bicyclic) bond motifs is 1. The maximum absolute atomic E-state index is 9.19. The Bertz CT molecular complexity index is 434. The summed E-state index contributed by atoms with van der Waals surface area (Å²) in [6.07, 6.45) is 0.899. The largest absolute Gasteiger partial charge is 0.490 e. The molecule has 0 spiro atoms. The van der Waals surface area contributed by atoms with E-state index in [9.17, 15) is 5.26 Å².